The predicted octanol–water partition coefficient (Wildman–Crippen LogP) is 11.0. The van der Waals surface area contributed by atoms with Crippen LogP contribution in [-0.4, -0.2) is 17.0 Å². The lowest BCUT2D eigenvalue weighted by Gasteiger charge is -2.58. The first-order valence-corrected chi connectivity index (χ1v) is 16.8. The highest BCUT2D eigenvalue weighted by molar-refractivity contribution is 7.60. The maximum absolute atomic E-state index is 2.59. The molecule has 3 aliphatic carbocycles. The highest BCUT2D eigenvalue weighted by Gasteiger charge is 2.52. The first kappa shape index (κ1) is 29.0. The SMILES string of the molecule is CC1CCC(C(C)(C)C)C(P(C2CC(C)CCC2C(C)(C)C)C2CC(C)CCC2C(C)(C)C)C1. The van der Waals surface area contributed by atoms with Crippen molar-refractivity contribution in [2.45, 2.75) is 158 Å². The number of hydrogen-bond acceptors (Lipinski definition) is 0. The molecule has 9 unspecified atom stereocenters. The van der Waals surface area contributed by atoms with Gasteiger partial charge >= 0.3 is 0 Å². The van der Waals surface area contributed by atoms with Crippen LogP contribution in [0.4, 0.5) is 0 Å². The van der Waals surface area contributed by atoms with Crippen LogP contribution >= 0.6 is 7.92 Å². The first-order valence-electron chi connectivity index (χ1n) is 15.3. The van der Waals surface area contributed by atoms with Gasteiger partial charge < -0.3 is 0 Å². The highest BCUT2D eigenvalue weighted by Crippen LogP contribution is 2.70. The largest absolute Gasteiger partial charge is 0.0962 e. The summed E-state index contributed by atoms with van der Waals surface area (Å²) >= 11 is 0. The molecule has 0 radical (unpaired) electrons. The highest BCUT2D eigenvalue weighted by atomic mass is 31.1. The number of rotatable bonds is 3. The average molecular weight is 491 g/mol. The molecule has 0 nitrogen and oxygen atoms in total. The van der Waals surface area contributed by atoms with Crippen molar-refractivity contribution in [3.8, 4) is 0 Å². The lowest BCUT2D eigenvalue weighted by molar-refractivity contribution is 0.133. The molecule has 0 saturated heterocycles. The molecule has 3 aliphatic rings. The average Bonchev–Trinajstić information content (AvgIpc) is 2.65. The van der Waals surface area contributed by atoms with Crippen LogP contribution in [0.5, 0.6) is 0 Å². The van der Waals surface area contributed by atoms with Crippen LogP contribution < -0.4 is 0 Å². The molecule has 0 spiro atoms. The van der Waals surface area contributed by atoms with Crippen molar-refractivity contribution in [2.24, 2.45) is 51.8 Å². The third-order valence-electron chi connectivity index (χ3n) is 10.7. The summed E-state index contributed by atoms with van der Waals surface area (Å²) in [6.07, 6.45) is 13.4. The summed E-state index contributed by atoms with van der Waals surface area (Å²) in [6, 6.07) is 0. The molecule has 0 aliphatic heterocycles. The molecule has 0 bridgehead atoms. The van der Waals surface area contributed by atoms with Crippen LogP contribution in [0.3, 0.4) is 0 Å². The molecule has 9 atom stereocenters. The van der Waals surface area contributed by atoms with E-state index >= 15 is 0 Å². The zero-order chi connectivity index (χ0) is 25.6. The van der Waals surface area contributed by atoms with Gasteiger partial charge in [0.15, 0.2) is 0 Å². The monoisotopic (exact) mass is 490 g/mol. The second kappa shape index (κ2) is 10.7. The normalized spacial score (nSPS) is 41.8. The third-order valence-corrected chi connectivity index (χ3v) is 14.7. The van der Waals surface area contributed by atoms with Crippen LogP contribution in [0.2, 0.25) is 0 Å². The van der Waals surface area contributed by atoms with Crippen molar-refractivity contribution in [3.63, 3.8) is 0 Å². The van der Waals surface area contributed by atoms with Gasteiger partial charge in [-0.25, -0.2) is 0 Å². The standard InChI is InChI=1S/C33H63P/c1-22-13-16-25(31(4,5)6)28(19-22)34(29-20-23(2)14-17-26(29)32(7,8)9)30-21-24(3)15-18-27(30)33(10,11)12/h22-30H,13-21H2,1-12H3. The van der Waals surface area contributed by atoms with Crippen LogP contribution in [0.1, 0.15) is 141 Å². The Hall–Kier alpha value is 0.430. The van der Waals surface area contributed by atoms with Crippen LogP contribution in [0, 0.1) is 51.8 Å². The van der Waals surface area contributed by atoms with Gasteiger partial charge in [0.1, 0.15) is 0 Å². The topological polar surface area (TPSA) is 0 Å². The molecule has 0 amide bonds. The van der Waals surface area contributed by atoms with Crippen molar-refractivity contribution >= 4 is 7.92 Å². The Bertz CT molecular complexity index is 553. The Balaban J connectivity index is 2.15. The van der Waals surface area contributed by atoms with Crippen LogP contribution in [0.25, 0.3) is 0 Å². The van der Waals surface area contributed by atoms with E-state index < -0.39 is 0 Å². The summed E-state index contributed by atoms with van der Waals surface area (Å²) in [5.41, 5.74) is 4.29. The van der Waals surface area contributed by atoms with E-state index in [1.54, 1.807) is 0 Å². The minimum Gasteiger partial charge on any atom is -0.0962 e. The molecule has 0 heterocycles. The molecule has 3 saturated carbocycles. The smallest absolute Gasteiger partial charge is 0.0168 e. The van der Waals surface area contributed by atoms with E-state index in [9.17, 15) is 0 Å². The molecular weight excluding hydrogens is 427 g/mol. The fourth-order valence-electron chi connectivity index (χ4n) is 8.81. The van der Waals surface area contributed by atoms with Crippen molar-refractivity contribution in [1.82, 2.24) is 0 Å². The molecule has 0 aromatic heterocycles. The minimum absolute atomic E-state index is 0.00578. The van der Waals surface area contributed by atoms with Gasteiger partial charge in [-0.05, 0) is 107 Å². The lowest BCUT2D eigenvalue weighted by Crippen LogP contribution is -2.48. The van der Waals surface area contributed by atoms with Crippen molar-refractivity contribution in [3.05, 3.63) is 0 Å². The van der Waals surface area contributed by atoms with E-state index in [-0.39, 0.29) is 7.92 Å². The van der Waals surface area contributed by atoms with E-state index in [2.05, 4.69) is 83.1 Å². The zero-order valence-electron chi connectivity index (χ0n) is 25.5. The fourth-order valence-corrected chi connectivity index (χ4v) is 15.1. The first-order chi connectivity index (χ1) is 15.5. The Labute approximate surface area is 217 Å². The minimum atomic E-state index is -0.00578. The second-order valence-electron chi connectivity index (χ2n) is 16.8. The van der Waals surface area contributed by atoms with Crippen molar-refractivity contribution in [1.29, 1.82) is 0 Å². The van der Waals surface area contributed by atoms with Crippen molar-refractivity contribution in [2.75, 3.05) is 0 Å². The third kappa shape index (κ3) is 6.65. The van der Waals surface area contributed by atoms with E-state index in [0.717, 1.165) is 52.5 Å². The fraction of sp³-hybridized carbons (Fsp3) is 1.00. The van der Waals surface area contributed by atoms with Crippen molar-refractivity contribution < 1.29 is 0 Å². The van der Waals surface area contributed by atoms with Gasteiger partial charge in [0.2, 0.25) is 0 Å². The summed E-state index contributed by atoms with van der Waals surface area (Å²) in [6.45, 7) is 31.1. The van der Waals surface area contributed by atoms with E-state index in [1.807, 2.05) is 0 Å². The van der Waals surface area contributed by atoms with E-state index in [0.29, 0.717) is 16.2 Å². The molecule has 3 fully saturated rings. The molecular formula is C33H63P. The summed E-state index contributed by atoms with van der Waals surface area (Å²) in [4.78, 5) is 0. The molecule has 3 rings (SSSR count). The summed E-state index contributed by atoms with van der Waals surface area (Å²) in [7, 11) is -0.00578. The maximum atomic E-state index is 2.59. The maximum Gasteiger partial charge on any atom is -0.0168 e. The molecule has 0 aromatic rings. The molecule has 1 heteroatoms. The predicted molar refractivity (Wildman–Crippen MR) is 156 cm³/mol. The molecule has 0 aromatic carbocycles. The molecule has 200 valence electrons. The van der Waals surface area contributed by atoms with Gasteiger partial charge in [-0.1, -0.05) is 110 Å². The Kier molecular flexibility index (Phi) is 9.09. The van der Waals surface area contributed by atoms with Crippen LogP contribution in [-0.2, 0) is 0 Å². The summed E-state index contributed by atoms with van der Waals surface area (Å²) in [5.74, 6) is 5.55. The van der Waals surface area contributed by atoms with Gasteiger partial charge in [0, 0.05) is 0 Å². The Morgan fingerprint density at radius 3 is 0.853 bits per heavy atom. The Morgan fingerprint density at radius 2 is 0.647 bits per heavy atom. The second-order valence-corrected chi connectivity index (χ2v) is 19.7. The lowest BCUT2D eigenvalue weighted by atomic mass is 9.69. The van der Waals surface area contributed by atoms with Gasteiger partial charge in [-0.2, -0.15) is 0 Å². The Morgan fingerprint density at radius 1 is 0.412 bits per heavy atom. The van der Waals surface area contributed by atoms with E-state index in [1.165, 1.54) is 57.8 Å². The summed E-state index contributed by atoms with van der Waals surface area (Å²) < 4.78 is 0. The van der Waals surface area contributed by atoms with Crippen LogP contribution in [0.15, 0.2) is 0 Å². The number of hydrogen-bond donors (Lipinski definition) is 0. The van der Waals surface area contributed by atoms with Gasteiger partial charge in [-0.15, -0.1) is 0 Å². The summed E-state index contributed by atoms with van der Waals surface area (Å²) in [5, 5.41) is 0. The van der Waals surface area contributed by atoms with Gasteiger partial charge in [0.25, 0.3) is 0 Å². The van der Waals surface area contributed by atoms with E-state index in [4.69, 9.17) is 0 Å². The van der Waals surface area contributed by atoms with Gasteiger partial charge in [0.05, 0.1) is 0 Å². The molecule has 34 heavy (non-hydrogen) atoms. The molecule has 0 N–H and O–H groups in total. The zero-order valence-corrected chi connectivity index (χ0v) is 26.4. The van der Waals surface area contributed by atoms with Gasteiger partial charge in [-0.3, -0.25) is 0 Å². The quantitative estimate of drug-likeness (QED) is 0.345.